The molecule has 0 aromatic rings. The SMILES string of the molecule is CCCNC1CCN(C(=O)NC)CC1. The van der Waals surface area contributed by atoms with E-state index < -0.39 is 0 Å². The largest absolute Gasteiger partial charge is 0.341 e. The summed E-state index contributed by atoms with van der Waals surface area (Å²) in [6.45, 7) is 5.01. The Morgan fingerprint density at radius 2 is 2.07 bits per heavy atom. The molecule has 82 valence electrons. The fourth-order valence-corrected chi connectivity index (χ4v) is 1.79. The van der Waals surface area contributed by atoms with Crippen LogP contribution in [0.25, 0.3) is 0 Å². The molecule has 1 rings (SSSR count). The van der Waals surface area contributed by atoms with Gasteiger partial charge in [-0.1, -0.05) is 6.92 Å². The zero-order valence-corrected chi connectivity index (χ0v) is 9.18. The maximum Gasteiger partial charge on any atom is 0.317 e. The molecule has 0 aromatic carbocycles. The second kappa shape index (κ2) is 5.86. The molecule has 1 heterocycles. The number of carbonyl (C=O) groups is 1. The van der Waals surface area contributed by atoms with Crippen molar-refractivity contribution >= 4 is 6.03 Å². The molecule has 4 nitrogen and oxygen atoms in total. The highest BCUT2D eigenvalue weighted by Crippen LogP contribution is 2.09. The molecule has 0 bridgehead atoms. The number of hydrogen-bond donors (Lipinski definition) is 2. The van der Waals surface area contributed by atoms with Crippen LogP contribution in [0.5, 0.6) is 0 Å². The number of urea groups is 1. The van der Waals surface area contributed by atoms with Gasteiger partial charge in [0.1, 0.15) is 0 Å². The van der Waals surface area contributed by atoms with Crippen molar-refractivity contribution in [1.82, 2.24) is 15.5 Å². The molecule has 0 radical (unpaired) electrons. The van der Waals surface area contributed by atoms with Gasteiger partial charge in [0.25, 0.3) is 0 Å². The summed E-state index contributed by atoms with van der Waals surface area (Å²) >= 11 is 0. The maximum atomic E-state index is 11.3. The molecule has 0 saturated carbocycles. The monoisotopic (exact) mass is 199 g/mol. The van der Waals surface area contributed by atoms with Crippen molar-refractivity contribution in [2.24, 2.45) is 0 Å². The zero-order chi connectivity index (χ0) is 10.4. The van der Waals surface area contributed by atoms with Crippen molar-refractivity contribution in [3.05, 3.63) is 0 Å². The van der Waals surface area contributed by atoms with Crippen LogP contribution < -0.4 is 10.6 Å². The van der Waals surface area contributed by atoms with Crippen LogP contribution in [0.1, 0.15) is 26.2 Å². The Morgan fingerprint density at radius 3 is 2.57 bits per heavy atom. The summed E-state index contributed by atoms with van der Waals surface area (Å²) in [5.41, 5.74) is 0. The lowest BCUT2D eigenvalue weighted by atomic mass is 10.1. The molecule has 4 heteroatoms. The Kier molecular flexibility index (Phi) is 4.73. The van der Waals surface area contributed by atoms with Gasteiger partial charge < -0.3 is 15.5 Å². The van der Waals surface area contributed by atoms with Crippen LogP contribution in [-0.4, -0.2) is 43.7 Å². The number of nitrogens with zero attached hydrogens (tertiary/aromatic N) is 1. The fourth-order valence-electron chi connectivity index (χ4n) is 1.79. The Morgan fingerprint density at radius 1 is 1.43 bits per heavy atom. The van der Waals surface area contributed by atoms with Gasteiger partial charge in [0.05, 0.1) is 0 Å². The van der Waals surface area contributed by atoms with E-state index in [4.69, 9.17) is 0 Å². The minimum atomic E-state index is 0.0546. The molecule has 2 N–H and O–H groups in total. The molecule has 0 aliphatic carbocycles. The Balaban J connectivity index is 2.20. The topological polar surface area (TPSA) is 44.4 Å². The third-order valence-electron chi connectivity index (χ3n) is 2.68. The van der Waals surface area contributed by atoms with Crippen molar-refractivity contribution in [3.8, 4) is 0 Å². The Hall–Kier alpha value is -0.770. The van der Waals surface area contributed by atoms with Crippen molar-refractivity contribution in [1.29, 1.82) is 0 Å². The highest BCUT2D eigenvalue weighted by Gasteiger charge is 2.20. The van der Waals surface area contributed by atoms with E-state index in [2.05, 4.69) is 17.6 Å². The highest BCUT2D eigenvalue weighted by atomic mass is 16.2. The van der Waals surface area contributed by atoms with E-state index in [1.54, 1.807) is 7.05 Å². The number of piperidine rings is 1. The number of nitrogens with one attached hydrogen (secondary N) is 2. The fraction of sp³-hybridized carbons (Fsp3) is 0.900. The lowest BCUT2D eigenvalue weighted by Crippen LogP contribution is -2.47. The molecule has 1 fully saturated rings. The molecule has 0 spiro atoms. The number of rotatable bonds is 3. The van der Waals surface area contributed by atoms with Gasteiger partial charge >= 0.3 is 6.03 Å². The summed E-state index contributed by atoms with van der Waals surface area (Å²) < 4.78 is 0. The molecule has 1 saturated heterocycles. The van der Waals surface area contributed by atoms with Crippen LogP contribution in [0, 0.1) is 0 Å². The van der Waals surface area contributed by atoms with Crippen molar-refractivity contribution in [2.45, 2.75) is 32.2 Å². The van der Waals surface area contributed by atoms with E-state index in [1.165, 1.54) is 6.42 Å². The smallest absolute Gasteiger partial charge is 0.317 e. The van der Waals surface area contributed by atoms with E-state index in [0.717, 1.165) is 32.5 Å². The van der Waals surface area contributed by atoms with Gasteiger partial charge in [0, 0.05) is 26.2 Å². The van der Waals surface area contributed by atoms with Crippen LogP contribution in [0.15, 0.2) is 0 Å². The van der Waals surface area contributed by atoms with Gasteiger partial charge in [-0.2, -0.15) is 0 Å². The van der Waals surface area contributed by atoms with E-state index in [-0.39, 0.29) is 6.03 Å². The first-order valence-corrected chi connectivity index (χ1v) is 5.48. The molecular weight excluding hydrogens is 178 g/mol. The average Bonchev–Trinajstić information content (AvgIpc) is 2.26. The Labute approximate surface area is 86.0 Å². The molecule has 14 heavy (non-hydrogen) atoms. The standard InChI is InChI=1S/C10H21N3O/c1-3-6-12-9-4-7-13(8-5-9)10(14)11-2/h9,12H,3-8H2,1-2H3,(H,11,14). The minimum Gasteiger partial charge on any atom is -0.341 e. The minimum absolute atomic E-state index is 0.0546. The third-order valence-corrected chi connectivity index (χ3v) is 2.68. The second-order valence-corrected chi connectivity index (χ2v) is 3.77. The average molecular weight is 199 g/mol. The van der Waals surface area contributed by atoms with Gasteiger partial charge in [-0.05, 0) is 25.8 Å². The van der Waals surface area contributed by atoms with Gasteiger partial charge in [-0.15, -0.1) is 0 Å². The van der Waals surface area contributed by atoms with Crippen LogP contribution in [0.2, 0.25) is 0 Å². The van der Waals surface area contributed by atoms with Gasteiger partial charge in [0.15, 0.2) is 0 Å². The van der Waals surface area contributed by atoms with E-state index in [1.807, 2.05) is 4.90 Å². The summed E-state index contributed by atoms with van der Waals surface area (Å²) in [7, 11) is 1.68. The van der Waals surface area contributed by atoms with E-state index in [9.17, 15) is 4.79 Å². The second-order valence-electron chi connectivity index (χ2n) is 3.77. The summed E-state index contributed by atoms with van der Waals surface area (Å²) in [6.07, 6.45) is 3.33. The molecule has 1 aliphatic heterocycles. The third kappa shape index (κ3) is 3.18. The van der Waals surface area contributed by atoms with Gasteiger partial charge in [-0.25, -0.2) is 4.79 Å². The first-order valence-electron chi connectivity index (χ1n) is 5.48. The number of amides is 2. The lowest BCUT2D eigenvalue weighted by molar-refractivity contribution is 0.178. The molecule has 0 unspecified atom stereocenters. The molecule has 0 aromatic heterocycles. The van der Waals surface area contributed by atoms with Crippen LogP contribution in [-0.2, 0) is 0 Å². The normalized spacial score (nSPS) is 18.3. The Bertz CT molecular complexity index is 176. The maximum absolute atomic E-state index is 11.3. The number of likely N-dealkylation sites (tertiary alicyclic amines) is 1. The predicted molar refractivity (Wildman–Crippen MR) is 57.3 cm³/mol. The van der Waals surface area contributed by atoms with Crippen molar-refractivity contribution in [3.63, 3.8) is 0 Å². The van der Waals surface area contributed by atoms with E-state index in [0.29, 0.717) is 6.04 Å². The van der Waals surface area contributed by atoms with Crippen LogP contribution in [0.3, 0.4) is 0 Å². The summed E-state index contributed by atoms with van der Waals surface area (Å²) in [6, 6.07) is 0.662. The van der Waals surface area contributed by atoms with E-state index >= 15 is 0 Å². The molecule has 2 amide bonds. The highest BCUT2D eigenvalue weighted by molar-refractivity contribution is 5.73. The first kappa shape index (κ1) is 11.3. The molecule has 0 atom stereocenters. The number of carbonyl (C=O) groups excluding carboxylic acids is 1. The predicted octanol–water partition coefficient (Wildman–Crippen LogP) is 0.790. The first-order chi connectivity index (χ1) is 6.77. The van der Waals surface area contributed by atoms with Gasteiger partial charge in [0.2, 0.25) is 0 Å². The zero-order valence-electron chi connectivity index (χ0n) is 9.18. The lowest BCUT2D eigenvalue weighted by Gasteiger charge is -2.32. The van der Waals surface area contributed by atoms with Crippen molar-refractivity contribution in [2.75, 3.05) is 26.7 Å². The van der Waals surface area contributed by atoms with Gasteiger partial charge in [-0.3, -0.25) is 0 Å². The quantitative estimate of drug-likeness (QED) is 0.706. The van der Waals surface area contributed by atoms with Crippen LogP contribution >= 0.6 is 0 Å². The van der Waals surface area contributed by atoms with Crippen LogP contribution in [0.4, 0.5) is 4.79 Å². The summed E-state index contributed by atoms with van der Waals surface area (Å²) in [5.74, 6) is 0. The summed E-state index contributed by atoms with van der Waals surface area (Å²) in [5, 5.41) is 6.15. The molecular formula is C10H21N3O. The molecule has 1 aliphatic rings. The summed E-state index contributed by atoms with van der Waals surface area (Å²) in [4.78, 5) is 13.2. The number of hydrogen-bond acceptors (Lipinski definition) is 2. The van der Waals surface area contributed by atoms with Crippen molar-refractivity contribution < 1.29 is 4.79 Å².